The predicted octanol–water partition coefficient (Wildman–Crippen LogP) is 2.90. The Bertz CT molecular complexity index is 498. The van der Waals surface area contributed by atoms with Crippen molar-refractivity contribution < 1.29 is 4.74 Å². The van der Waals surface area contributed by atoms with Crippen molar-refractivity contribution in [3.8, 4) is 5.75 Å². The molecule has 0 unspecified atom stereocenters. The number of nitrogens with one attached hydrogen (secondary N) is 1. The van der Waals surface area contributed by atoms with Gasteiger partial charge in [0.2, 0.25) is 0 Å². The largest absolute Gasteiger partial charge is 0.492 e. The molecule has 0 aromatic carbocycles. The monoisotopic (exact) mass is 263 g/mol. The van der Waals surface area contributed by atoms with Gasteiger partial charge in [0.05, 0.1) is 35.9 Å². The van der Waals surface area contributed by atoms with Gasteiger partial charge in [0.1, 0.15) is 5.75 Å². The van der Waals surface area contributed by atoms with Crippen LogP contribution in [-0.4, -0.2) is 23.1 Å². The molecule has 0 aliphatic carbocycles. The molecule has 96 valence electrons. The first-order valence-corrected chi connectivity index (χ1v) is 6.88. The number of pyridine rings is 1. The minimum atomic E-state index is 0.653. The normalized spacial score (nSPS) is 10.3. The van der Waals surface area contributed by atoms with Crippen molar-refractivity contribution in [1.29, 1.82) is 0 Å². The Morgan fingerprint density at radius 3 is 3.00 bits per heavy atom. The summed E-state index contributed by atoms with van der Waals surface area (Å²) >= 11 is 1.68. The average Bonchev–Trinajstić information content (AvgIpc) is 2.76. The van der Waals surface area contributed by atoms with Crippen LogP contribution in [0.2, 0.25) is 0 Å². The standard InChI is InChI=1S/C13H17N3OS/c1-3-15-11-6-12(8-14-7-11)17-5-4-13-10(2)16-9-18-13/h6-9,15H,3-5H2,1-2H3. The van der Waals surface area contributed by atoms with Crippen LogP contribution < -0.4 is 10.1 Å². The summed E-state index contributed by atoms with van der Waals surface area (Å²) in [7, 11) is 0. The highest BCUT2D eigenvalue weighted by atomic mass is 32.1. The second kappa shape index (κ2) is 6.35. The van der Waals surface area contributed by atoms with Crippen LogP contribution in [0.5, 0.6) is 5.75 Å². The molecule has 0 saturated heterocycles. The number of aromatic nitrogens is 2. The highest BCUT2D eigenvalue weighted by Gasteiger charge is 2.02. The van der Waals surface area contributed by atoms with Gasteiger partial charge >= 0.3 is 0 Å². The van der Waals surface area contributed by atoms with Crippen LogP contribution in [0.4, 0.5) is 5.69 Å². The first-order valence-electron chi connectivity index (χ1n) is 6.00. The van der Waals surface area contributed by atoms with Gasteiger partial charge in [-0.15, -0.1) is 11.3 Å². The number of rotatable bonds is 6. The molecule has 2 aromatic rings. The summed E-state index contributed by atoms with van der Waals surface area (Å²) in [6.07, 6.45) is 4.42. The van der Waals surface area contributed by atoms with E-state index in [4.69, 9.17) is 4.74 Å². The molecule has 1 N–H and O–H groups in total. The third kappa shape index (κ3) is 3.43. The Kier molecular flexibility index (Phi) is 4.52. The highest BCUT2D eigenvalue weighted by Crippen LogP contribution is 2.17. The van der Waals surface area contributed by atoms with Crippen molar-refractivity contribution in [1.82, 2.24) is 9.97 Å². The van der Waals surface area contributed by atoms with Crippen LogP contribution in [0.1, 0.15) is 17.5 Å². The molecule has 0 fully saturated rings. The average molecular weight is 263 g/mol. The maximum Gasteiger partial charge on any atom is 0.139 e. The van der Waals surface area contributed by atoms with E-state index in [-0.39, 0.29) is 0 Å². The second-order valence-corrected chi connectivity index (χ2v) is 4.84. The Hall–Kier alpha value is -1.62. The van der Waals surface area contributed by atoms with Crippen LogP contribution in [0.25, 0.3) is 0 Å². The number of aryl methyl sites for hydroxylation is 1. The van der Waals surface area contributed by atoms with Gasteiger partial charge in [0.15, 0.2) is 0 Å². The topological polar surface area (TPSA) is 47.0 Å². The molecule has 2 heterocycles. The Labute approximate surface area is 111 Å². The molecule has 2 rings (SSSR count). The number of nitrogens with zero attached hydrogens (tertiary/aromatic N) is 2. The minimum Gasteiger partial charge on any atom is -0.492 e. The number of hydrogen-bond acceptors (Lipinski definition) is 5. The van der Waals surface area contributed by atoms with E-state index in [0.29, 0.717) is 6.61 Å². The summed E-state index contributed by atoms with van der Waals surface area (Å²) in [4.78, 5) is 9.64. The molecular weight excluding hydrogens is 246 g/mol. The van der Waals surface area contributed by atoms with Crippen LogP contribution in [0, 0.1) is 6.92 Å². The first kappa shape index (κ1) is 12.8. The van der Waals surface area contributed by atoms with E-state index < -0.39 is 0 Å². The summed E-state index contributed by atoms with van der Waals surface area (Å²) in [5.41, 5.74) is 3.96. The predicted molar refractivity (Wildman–Crippen MR) is 74.5 cm³/mol. The van der Waals surface area contributed by atoms with Crippen LogP contribution in [-0.2, 0) is 6.42 Å². The van der Waals surface area contributed by atoms with Crippen molar-refractivity contribution in [3.05, 3.63) is 34.5 Å². The maximum atomic E-state index is 5.70. The van der Waals surface area contributed by atoms with Gasteiger partial charge < -0.3 is 10.1 Å². The van der Waals surface area contributed by atoms with Gasteiger partial charge in [-0.1, -0.05) is 0 Å². The van der Waals surface area contributed by atoms with Gasteiger partial charge in [-0.05, 0) is 13.8 Å². The van der Waals surface area contributed by atoms with E-state index in [0.717, 1.165) is 30.1 Å². The zero-order valence-electron chi connectivity index (χ0n) is 10.6. The van der Waals surface area contributed by atoms with Gasteiger partial charge in [-0.25, -0.2) is 4.98 Å². The lowest BCUT2D eigenvalue weighted by atomic mass is 10.3. The van der Waals surface area contributed by atoms with E-state index in [1.54, 1.807) is 23.7 Å². The third-order valence-electron chi connectivity index (χ3n) is 2.54. The molecule has 0 radical (unpaired) electrons. The highest BCUT2D eigenvalue weighted by molar-refractivity contribution is 7.09. The van der Waals surface area contributed by atoms with E-state index in [1.165, 1.54) is 4.88 Å². The van der Waals surface area contributed by atoms with E-state index in [9.17, 15) is 0 Å². The Balaban J connectivity index is 1.86. The van der Waals surface area contributed by atoms with Crippen LogP contribution >= 0.6 is 11.3 Å². The summed E-state index contributed by atoms with van der Waals surface area (Å²) in [5, 5.41) is 3.21. The quantitative estimate of drug-likeness (QED) is 0.870. The molecule has 0 saturated carbocycles. The summed E-state index contributed by atoms with van der Waals surface area (Å²) in [5.74, 6) is 0.801. The van der Waals surface area contributed by atoms with Gasteiger partial charge in [-0.3, -0.25) is 4.98 Å². The third-order valence-corrected chi connectivity index (χ3v) is 3.53. The fourth-order valence-electron chi connectivity index (χ4n) is 1.63. The molecule has 0 spiro atoms. The van der Waals surface area contributed by atoms with Gasteiger partial charge in [0, 0.05) is 23.9 Å². The summed E-state index contributed by atoms with van der Waals surface area (Å²) in [6.45, 7) is 5.62. The zero-order valence-corrected chi connectivity index (χ0v) is 11.5. The lowest BCUT2D eigenvalue weighted by Gasteiger charge is -2.07. The Morgan fingerprint density at radius 2 is 2.28 bits per heavy atom. The second-order valence-electron chi connectivity index (χ2n) is 3.90. The van der Waals surface area contributed by atoms with Crippen molar-refractivity contribution in [2.75, 3.05) is 18.5 Å². The molecule has 0 aliphatic rings. The van der Waals surface area contributed by atoms with Gasteiger partial charge in [-0.2, -0.15) is 0 Å². The smallest absolute Gasteiger partial charge is 0.139 e. The lowest BCUT2D eigenvalue weighted by Crippen LogP contribution is -2.03. The number of thiazole rings is 1. The zero-order chi connectivity index (χ0) is 12.8. The number of anilines is 1. The SMILES string of the molecule is CCNc1cncc(OCCc2scnc2C)c1. The molecule has 18 heavy (non-hydrogen) atoms. The number of hydrogen-bond donors (Lipinski definition) is 1. The summed E-state index contributed by atoms with van der Waals surface area (Å²) < 4.78 is 5.70. The van der Waals surface area contributed by atoms with Crippen molar-refractivity contribution in [2.45, 2.75) is 20.3 Å². The lowest BCUT2D eigenvalue weighted by molar-refractivity contribution is 0.321. The van der Waals surface area contributed by atoms with Crippen molar-refractivity contribution in [3.63, 3.8) is 0 Å². The summed E-state index contributed by atoms with van der Waals surface area (Å²) in [6, 6.07) is 1.97. The van der Waals surface area contributed by atoms with Gasteiger partial charge in [0.25, 0.3) is 0 Å². The molecule has 2 aromatic heterocycles. The minimum absolute atomic E-state index is 0.653. The van der Waals surface area contributed by atoms with Crippen molar-refractivity contribution in [2.24, 2.45) is 0 Å². The molecule has 0 aliphatic heterocycles. The fraction of sp³-hybridized carbons (Fsp3) is 0.385. The molecule has 5 heteroatoms. The maximum absolute atomic E-state index is 5.70. The van der Waals surface area contributed by atoms with E-state index in [2.05, 4.69) is 22.2 Å². The molecule has 0 bridgehead atoms. The van der Waals surface area contributed by atoms with Crippen LogP contribution in [0.15, 0.2) is 24.0 Å². The van der Waals surface area contributed by atoms with E-state index >= 15 is 0 Å². The molecule has 4 nitrogen and oxygen atoms in total. The molecule has 0 amide bonds. The van der Waals surface area contributed by atoms with Crippen molar-refractivity contribution >= 4 is 17.0 Å². The molecular formula is C13H17N3OS. The fourth-order valence-corrected chi connectivity index (χ4v) is 2.39. The van der Waals surface area contributed by atoms with Crippen LogP contribution in [0.3, 0.4) is 0 Å². The first-order chi connectivity index (χ1) is 8.79. The number of ether oxygens (including phenoxy) is 1. The Morgan fingerprint density at radius 1 is 1.39 bits per heavy atom. The molecule has 0 atom stereocenters. The van der Waals surface area contributed by atoms with E-state index in [1.807, 2.05) is 18.5 Å².